The first kappa shape index (κ1) is 24.7. The highest BCUT2D eigenvalue weighted by Gasteiger charge is 2.25. The van der Waals surface area contributed by atoms with Gasteiger partial charge in [-0.15, -0.1) is 11.3 Å². The zero-order valence-electron chi connectivity index (χ0n) is 18.4. The first-order valence-electron chi connectivity index (χ1n) is 10.2. The summed E-state index contributed by atoms with van der Waals surface area (Å²) >= 11 is 1.44. The van der Waals surface area contributed by atoms with Crippen molar-refractivity contribution < 1.29 is 19.1 Å². The van der Waals surface area contributed by atoms with Crippen LogP contribution in [0.3, 0.4) is 0 Å². The molecule has 0 bridgehead atoms. The van der Waals surface area contributed by atoms with Gasteiger partial charge in [0.05, 0.1) is 13.2 Å². The van der Waals surface area contributed by atoms with Gasteiger partial charge in [-0.1, -0.05) is 36.4 Å². The minimum atomic E-state index is -0.833. The van der Waals surface area contributed by atoms with Gasteiger partial charge < -0.3 is 15.2 Å². The number of hydrogen-bond donors (Lipinski definition) is 2. The number of methoxy groups -OCH3 is 1. The number of hydrogen-bond acceptors (Lipinski definition) is 8. The van der Waals surface area contributed by atoms with E-state index in [4.69, 9.17) is 15.2 Å². The molecular formula is C23H24N4O6S. The maximum atomic E-state index is 12.9. The van der Waals surface area contributed by atoms with Crippen LogP contribution in [0, 0.1) is 0 Å². The number of benzene rings is 1. The topological polar surface area (TPSA) is 137 Å². The van der Waals surface area contributed by atoms with Gasteiger partial charge in [-0.25, -0.2) is 9.59 Å². The number of ether oxygens (including phenoxy) is 2. The van der Waals surface area contributed by atoms with Crippen LogP contribution in [0.1, 0.15) is 10.4 Å². The van der Waals surface area contributed by atoms with Gasteiger partial charge >= 0.3 is 11.7 Å². The normalized spacial score (nSPS) is 11.0. The molecule has 0 spiro atoms. The van der Waals surface area contributed by atoms with Crippen LogP contribution in [0.2, 0.25) is 0 Å². The summed E-state index contributed by atoms with van der Waals surface area (Å²) in [5.74, 6) is -1.60. The summed E-state index contributed by atoms with van der Waals surface area (Å²) in [4.78, 5) is 54.1. The van der Waals surface area contributed by atoms with E-state index in [1.807, 2.05) is 23.6 Å². The lowest BCUT2D eigenvalue weighted by atomic mass is 10.2. The number of amides is 1. The number of nitrogens with zero attached hydrogens (tertiary/aromatic N) is 2. The van der Waals surface area contributed by atoms with E-state index in [1.54, 1.807) is 30.3 Å². The van der Waals surface area contributed by atoms with E-state index < -0.39 is 29.7 Å². The smallest absolute Gasteiger partial charge is 0.331 e. The molecule has 0 aliphatic carbocycles. The number of rotatable bonds is 10. The molecule has 10 nitrogen and oxygen atoms in total. The van der Waals surface area contributed by atoms with Crippen molar-refractivity contribution in [2.75, 3.05) is 37.5 Å². The monoisotopic (exact) mass is 484 g/mol. The molecule has 0 saturated heterocycles. The molecule has 2 aromatic heterocycles. The van der Waals surface area contributed by atoms with Gasteiger partial charge in [0.1, 0.15) is 5.82 Å². The molecule has 0 aliphatic heterocycles. The number of anilines is 2. The highest BCUT2D eigenvalue weighted by Crippen LogP contribution is 2.18. The fraction of sp³-hybridized carbons (Fsp3) is 0.217. The molecule has 34 heavy (non-hydrogen) atoms. The molecule has 178 valence electrons. The lowest BCUT2D eigenvalue weighted by Crippen LogP contribution is -2.44. The molecule has 1 amide bonds. The molecule has 2 heterocycles. The van der Waals surface area contributed by atoms with Gasteiger partial charge in [-0.3, -0.25) is 24.0 Å². The van der Waals surface area contributed by atoms with E-state index in [1.165, 1.54) is 24.5 Å². The van der Waals surface area contributed by atoms with Gasteiger partial charge in [-0.2, -0.15) is 0 Å². The lowest BCUT2D eigenvalue weighted by molar-refractivity contribution is -0.142. The lowest BCUT2D eigenvalue weighted by Gasteiger charge is -2.24. The second-order valence-corrected chi connectivity index (χ2v) is 8.04. The summed E-state index contributed by atoms with van der Waals surface area (Å²) in [6.07, 6.45) is 2.78. The fourth-order valence-corrected chi connectivity index (χ4v) is 3.72. The average molecular weight is 485 g/mol. The predicted molar refractivity (Wildman–Crippen MR) is 130 cm³/mol. The quantitative estimate of drug-likeness (QED) is 0.328. The Morgan fingerprint density at radius 1 is 1.18 bits per heavy atom. The Morgan fingerprint density at radius 3 is 2.62 bits per heavy atom. The Morgan fingerprint density at radius 2 is 1.94 bits per heavy atom. The third-order valence-corrected chi connectivity index (χ3v) is 5.59. The number of H-pyrrole nitrogens is 1. The van der Waals surface area contributed by atoms with Gasteiger partial charge in [0.25, 0.3) is 11.5 Å². The Bertz CT molecular complexity index is 1260. The van der Waals surface area contributed by atoms with E-state index in [-0.39, 0.29) is 31.2 Å². The van der Waals surface area contributed by atoms with Crippen molar-refractivity contribution in [3.63, 3.8) is 0 Å². The van der Waals surface area contributed by atoms with E-state index in [2.05, 4.69) is 4.98 Å². The molecule has 0 atom stereocenters. The van der Waals surface area contributed by atoms with E-state index >= 15 is 0 Å². The van der Waals surface area contributed by atoms with Crippen LogP contribution in [0.4, 0.5) is 11.5 Å². The van der Waals surface area contributed by atoms with Crippen LogP contribution in [0.25, 0.3) is 6.08 Å². The second-order valence-electron chi connectivity index (χ2n) is 7.06. The summed E-state index contributed by atoms with van der Waals surface area (Å²) in [5, 5.41) is 1.86. The summed E-state index contributed by atoms with van der Waals surface area (Å²) in [7, 11) is 1.43. The second kappa shape index (κ2) is 11.8. The van der Waals surface area contributed by atoms with Crippen LogP contribution < -0.4 is 21.9 Å². The third kappa shape index (κ3) is 6.30. The summed E-state index contributed by atoms with van der Waals surface area (Å²) in [6, 6.07) is 12.7. The predicted octanol–water partition coefficient (Wildman–Crippen LogP) is 1.46. The molecule has 0 fully saturated rings. The Hall–Kier alpha value is -3.96. The number of nitrogen functional groups attached to an aromatic ring is 1. The molecule has 0 radical (unpaired) electrons. The van der Waals surface area contributed by atoms with E-state index in [0.29, 0.717) is 0 Å². The van der Waals surface area contributed by atoms with Crippen molar-refractivity contribution in [2.45, 2.75) is 6.54 Å². The van der Waals surface area contributed by atoms with Crippen LogP contribution in [-0.2, 0) is 25.6 Å². The third-order valence-electron chi connectivity index (χ3n) is 4.75. The van der Waals surface area contributed by atoms with Gasteiger partial charge in [0.2, 0.25) is 0 Å². The zero-order valence-corrected chi connectivity index (χ0v) is 19.2. The number of esters is 1. The maximum Gasteiger partial charge on any atom is 0.331 e. The van der Waals surface area contributed by atoms with E-state index in [0.717, 1.165) is 19.9 Å². The Kier molecular flexibility index (Phi) is 8.54. The zero-order chi connectivity index (χ0) is 24.5. The average Bonchev–Trinajstić information content (AvgIpc) is 3.35. The Labute approximate surface area is 198 Å². The number of carbonyl (C=O) groups excluding carboxylic acids is 2. The molecular weight excluding hydrogens is 460 g/mol. The highest BCUT2D eigenvalue weighted by atomic mass is 32.1. The molecule has 3 rings (SSSR count). The van der Waals surface area contributed by atoms with Crippen LogP contribution in [-0.4, -0.2) is 48.3 Å². The standard InChI is InChI=1S/C23H24N4O6S/c1-32-12-11-26(18(28)15-33-19(29)10-9-17-8-5-13-34-17)20-21(24)27(23(31)25-22(20)30)14-16-6-3-2-4-7-16/h2-10,13H,11-12,14-15,24H2,1H3,(H,25,30,31). The fourth-order valence-electron chi connectivity index (χ4n) is 3.10. The van der Waals surface area contributed by atoms with E-state index in [9.17, 15) is 19.2 Å². The van der Waals surface area contributed by atoms with Crippen molar-refractivity contribution in [2.24, 2.45) is 0 Å². The molecule has 3 N–H and O–H groups in total. The number of carbonyl (C=O) groups is 2. The first-order valence-corrected chi connectivity index (χ1v) is 11.1. The van der Waals surface area contributed by atoms with Gasteiger partial charge in [0.15, 0.2) is 12.3 Å². The van der Waals surface area contributed by atoms with Gasteiger partial charge in [-0.05, 0) is 23.1 Å². The molecule has 0 unspecified atom stereocenters. The van der Waals surface area contributed by atoms with Crippen LogP contribution in [0.5, 0.6) is 0 Å². The number of aromatic nitrogens is 2. The maximum absolute atomic E-state index is 12.9. The Balaban J connectivity index is 1.84. The number of nitrogens with two attached hydrogens (primary N) is 1. The largest absolute Gasteiger partial charge is 0.452 e. The van der Waals surface area contributed by atoms with Crippen molar-refractivity contribution >= 4 is 40.8 Å². The van der Waals surface area contributed by atoms with Crippen molar-refractivity contribution in [1.29, 1.82) is 0 Å². The van der Waals surface area contributed by atoms with Crippen molar-refractivity contribution in [3.8, 4) is 0 Å². The molecule has 11 heteroatoms. The first-order chi connectivity index (χ1) is 16.4. The molecule has 3 aromatic rings. The summed E-state index contributed by atoms with van der Waals surface area (Å²) in [6.45, 7) is -0.512. The summed E-state index contributed by atoms with van der Waals surface area (Å²) < 4.78 is 11.2. The van der Waals surface area contributed by atoms with Crippen molar-refractivity contribution in [3.05, 3.63) is 85.2 Å². The summed E-state index contributed by atoms with van der Waals surface area (Å²) in [5.41, 5.74) is 5.20. The van der Waals surface area contributed by atoms with Gasteiger partial charge in [0, 0.05) is 24.6 Å². The number of thiophene rings is 1. The highest BCUT2D eigenvalue weighted by molar-refractivity contribution is 7.10. The minimum Gasteiger partial charge on any atom is -0.452 e. The minimum absolute atomic E-state index is 0.0469. The van der Waals surface area contributed by atoms with Crippen LogP contribution in [0.15, 0.2) is 63.5 Å². The SMILES string of the molecule is COCCN(C(=O)COC(=O)C=Cc1cccs1)c1c(N)n(Cc2ccccc2)c(=O)[nH]c1=O. The molecule has 0 saturated carbocycles. The molecule has 0 aliphatic rings. The number of nitrogens with one attached hydrogen (secondary N) is 1. The van der Waals surface area contributed by atoms with Crippen LogP contribution >= 0.6 is 11.3 Å². The molecule has 1 aromatic carbocycles. The van der Waals surface area contributed by atoms with Crippen molar-refractivity contribution in [1.82, 2.24) is 9.55 Å². The number of aromatic amines is 1.